The average molecular weight is 771 g/mol. The first-order valence-corrected chi connectivity index (χ1v) is 14.6. The first-order chi connectivity index (χ1) is 20.3. The number of aromatic nitrogens is 2. The van der Waals surface area contributed by atoms with Gasteiger partial charge in [-0.2, -0.15) is 13.1 Å². The molecule has 0 amide bonds. The fourth-order valence-corrected chi connectivity index (χ4v) is 3.53. The molecule has 0 N–H and O–H groups in total. The van der Waals surface area contributed by atoms with Crippen LogP contribution in [0.1, 0.15) is 44.6 Å². The molecule has 20 heteroatoms. The second kappa shape index (κ2) is 24.1. The lowest BCUT2D eigenvalue weighted by Crippen LogP contribution is -2.28. The number of nitrogens with zero attached hydrogens (tertiary/aromatic N) is 3. The van der Waals surface area contributed by atoms with Gasteiger partial charge in [0.15, 0.2) is 13.2 Å². The molecular weight excluding hydrogens is 735 g/mol. The lowest BCUT2D eigenvalue weighted by Gasteiger charge is -2.26. The number of esters is 2. The van der Waals surface area contributed by atoms with Gasteiger partial charge < -0.3 is 18.9 Å². The van der Waals surface area contributed by atoms with Crippen LogP contribution in [0.2, 0.25) is 20.4 Å². The van der Waals surface area contributed by atoms with Gasteiger partial charge in [0.25, 0.3) is 11.4 Å². The number of halogens is 9. The zero-order valence-corrected chi connectivity index (χ0v) is 27.4. The third-order valence-corrected chi connectivity index (χ3v) is 6.91. The molecular formula is C26H36Cl4F5N3O7S. The molecule has 0 aromatic carbocycles. The first-order valence-electron chi connectivity index (χ1n) is 11.8. The first kappa shape index (κ1) is 48.3. The van der Waals surface area contributed by atoms with Gasteiger partial charge in [-0.15, -0.1) is 11.7 Å². The summed E-state index contributed by atoms with van der Waals surface area (Å²) >= 11 is 17.1. The molecule has 2 aromatic heterocycles. The van der Waals surface area contributed by atoms with Crippen molar-refractivity contribution in [2.75, 3.05) is 53.7 Å². The fourth-order valence-electron chi connectivity index (χ4n) is 2.43. The van der Waals surface area contributed by atoms with E-state index >= 15 is 0 Å². The summed E-state index contributed by atoms with van der Waals surface area (Å²) in [6.07, 6.45) is 2.16. The monoisotopic (exact) mass is 769 g/mol. The highest BCUT2D eigenvalue weighted by Gasteiger charge is 2.34. The molecule has 0 atom stereocenters. The minimum atomic E-state index is -5.14. The van der Waals surface area contributed by atoms with E-state index in [4.69, 9.17) is 46.4 Å². The van der Waals surface area contributed by atoms with Crippen LogP contribution in [0, 0.1) is 0 Å². The van der Waals surface area contributed by atoms with E-state index in [1.165, 1.54) is 33.4 Å². The van der Waals surface area contributed by atoms with Crippen molar-refractivity contribution in [1.29, 1.82) is 0 Å². The van der Waals surface area contributed by atoms with E-state index < -0.39 is 41.4 Å². The van der Waals surface area contributed by atoms with Gasteiger partial charge >= 0.3 is 17.9 Å². The van der Waals surface area contributed by atoms with E-state index in [-0.39, 0.29) is 79.5 Å². The third-order valence-electron chi connectivity index (χ3n) is 4.58. The van der Waals surface area contributed by atoms with Crippen molar-refractivity contribution in [3.8, 4) is 0 Å². The summed E-state index contributed by atoms with van der Waals surface area (Å²) < 4.78 is 82.0. The number of ketones is 1. The molecule has 46 heavy (non-hydrogen) atoms. The molecule has 0 aliphatic carbocycles. The maximum Gasteiger partial charge on any atom is 0.308 e. The SMILES string of the molecule is C.C.CC(=O)OCC(=O)c1cnc(Cl)c(Cl)c1.CC(=O)OCC(F)(F)c1cnc(Cl)c(Cl)c1.COCCN(CCOC)S(F)(F)F. The van der Waals surface area contributed by atoms with Gasteiger partial charge in [-0.05, 0) is 12.1 Å². The standard InChI is InChI=1S/C9H7Cl2F2NO2.C9H7Cl2NO3.C6H14F3NO2S.2CH4/c1-5(15)16-4-9(12,13)6-2-7(10)8(11)14-3-6;1-5(13)15-4-8(14)6-2-7(10)9(11)12-3-6;1-11-5-3-10(4-6-12-2)13(7,8)9;;/h2-3H,4H2,1H3;2-3H,4H2,1H3;3-6H2,1-2H3;2*1H4. The number of carbonyl (C=O) groups excluding carboxylic acids is 3. The zero-order chi connectivity index (χ0) is 34.1. The molecule has 0 saturated carbocycles. The summed E-state index contributed by atoms with van der Waals surface area (Å²) in [6.45, 7) is 0.796. The second-order valence-electron chi connectivity index (χ2n) is 7.98. The molecule has 266 valence electrons. The third kappa shape index (κ3) is 20.2. The number of methoxy groups -OCH3 is 2. The van der Waals surface area contributed by atoms with Crippen molar-refractivity contribution in [3.05, 3.63) is 56.0 Å². The molecule has 0 bridgehead atoms. The molecule has 2 heterocycles. The molecule has 0 saturated heterocycles. The number of ether oxygens (including phenoxy) is 4. The highest BCUT2D eigenvalue weighted by atomic mass is 35.5. The van der Waals surface area contributed by atoms with Gasteiger partial charge in [-0.3, -0.25) is 14.4 Å². The van der Waals surface area contributed by atoms with Crippen molar-refractivity contribution < 1.29 is 53.8 Å². The maximum atomic E-state index is 13.4. The molecule has 2 aromatic rings. The summed E-state index contributed by atoms with van der Waals surface area (Å²) in [5.74, 6) is -5.02. The molecule has 0 unspecified atom stereocenters. The minimum Gasteiger partial charge on any atom is -0.459 e. The van der Waals surface area contributed by atoms with Crippen molar-refractivity contribution >= 4 is 75.5 Å². The number of pyridine rings is 2. The van der Waals surface area contributed by atoms with Crippen LogP contribution in [0.15, 0.2) is 24.5 Å². The van der Waals surface area contributed by atoms with Crippen LogP contribution in [0.25, 0.3) is 0 Å². The normalized spacial score (nSPS) is 11.0. The summed E-state index contributed by atoms with van der Waals surface area (Å²) in [7, 11) is 2.75. The number of rotatable bonds is 13. The Bertz CT molecular complexity index is 1230. The lowest BCUT2D eigenvalue weighted by atomic mass is 10.1. The van der Waals surface area contributed by atoms with E-state index in [0.717, 1.165) is 19.2 Å². The smallest absolute Gasteiger partial charge is 0.308 e. The Kier molecular flexibility index (Phi) is 25.4. The van der Waals surface area contributed by atoms with Gasteiger partial charge in [0, 0.05) is 64.7 Å². The highest BCUT2D eigenvalue weighted by Crippen LogP contribution is 2.56. The van der Waals surface area contributed by atoms with Crippen LogP contribution in [-0.2, 0) is 34.5 Å². The average Bonchev–Trinajstić information content (AvgIpc) is 2.93. The van der Waals surface area contributed by atoms with Gasteiger partial charge in [-0.1, -0.05) is 61.3 Å². The van der Waals surface area contributed by atoms with E-state index in [2.05, 4.69) is 28.9 Å². The molecule has 0 spiro atoms. The number of Topliss-reactive ketones (excluding diaryl/α,β-unsaturated/α-hetero) is 1. The Morgan fingerprint density at radius 3 is 1.67 bits per heavy atom. The van der Waals surface area contributed by atoms with E-state index in [9.17, 15) is 34.8 Å². The Labute approximate surface area is 287 Å². The van der Waals surface area contributed by atoms with Crippen molar-refractivity contribution in [3.63, 3.8) is 0 Å². The Balaban J connectivity index is -0.000000594. The van der Waals surface area contributed by atoms with E-state index in [0.29, 0.717) is 4.31 Å². The van der Waals surface area contributed by atoms with Gasteiger partial charge in [0.05, 0.1) is 23.3 Å². The van der Waals surface area contributed by atoms with Gasteiger partial charge in [0.1, 0.15) is 10.3 Å². The molecule has 0 aliphatic rings. The molecule has 0 aliphatic heterocycles. The van der Waals surface area contributed by atoms with Crippen LogP contribution in [-0.4, -0.2) is 85.7 Å². The Morgan fingerprint density at radius 2 is 1.28 bits per heavy atom. The van der Waals surface area contributed by atoms with Gasteiger partial charge in [-0.25, -0.2) is 9.97 Å². The maximum absolute atomic E-state index is 13.4. The predicted octanol–water partition coefficient (Wildman–Crippen LogP) is 8.40. The molecule has 0 radical (unpaired) electrons. The largest absolute Gasteiger partial charge is 0.459 e. The predicted molar refractivity (Wildman–Crippen MR) is 170 cm³/mol. The van der Waals surface area contributed by atoms with Crippen LogP contribution in [0.5, 0.6) is 0 Å². The lowest BCUT2D eigenvalue weighted by molar-refractivity contribution is -0.153. The van der Waals surface area contributed by atoms with Crippen molar-refractivity contribution in [2.45, 2.75) is 34.6 Å². The summed E-state index contributed by atoms with van der Waals surface area (Å²) in [5, 5.41) is 0.168. The van der Waals surface area contributed by atoms with Crippen molar-refractivity contribution in [2.24, 2.45) is 0 Å². The fraction of sp³-hybridized carbons (Fsp3) is 0.500. The van der Waals surface area contributed by atoms with Crippen LogP contribution in [0.3, 0.4) is 0 Å². The van der Waals surface area contributed by atoms with Crippen LogP contribution < -0.4 is 0 Å². The van der Waals surface area contributed by atoms with E-state index in [1.54, 1.807) is 0 Å². The van der Waals surface area contributed by atoms with Gasteiger partial charge in [0.2, 0.25) is 5.78 Å². The zero-order valence-electron chi connectivity index (χ0n) is 23.6. The quantitative estimate of drug-likeness (QED) is 0.0851. The molecule has 0 fully saturated rings. The topological polar surface area (TPSA) is 117 Å². The number of hydrogen-bond acceptors (Lipinski definition) is 10. The molecule has 10 nitrogen and oxygen atoms in total. The number of hydrogen-bond donors (Lipinski definition) is 0. The Morgan fingerprint density at radius 1 is 0.826 bits per heavy atom. The van der Waals surface area contributed by atoms with Crippen molar-refractivity contribution in [1.82, 2.24) is 14.3 Å². The summed E-state index contributed by atoms with van der Waals surface area (Å²) in [6, 6.07) is 2.36. The number of carbonyl (C=O) groups is 3. The minimum absolute atomic E-state index is 0. The molecule has 2 rings (SSSR count). The van der Waals surface area contributed by atoms with Crippen LogP contribution in [0.4, 0.5) is 20.4 Å². The summed E-state index contributed by atoms with van der Waals surface area (Å²) in [5.41, 5.74) is -0.200. The summed E-state index contributed by atoms with van der Waals surface area (Å²) in [4.78, 5) is 39.5. The Hall–Kier alpha value is -2.05. The second-order valence-corrected chi connectivity index (χ2v) is 10.8. The van der Waals surface area contributed by atoms with Crippen LogP contribution >= 0.6 is 57.8 Å². The highest BCUT2D eigenvalue weighted by molar-refractivity contribution is 8.18. The van der Waals surface area contributed by atoms with E-state index in [1.807, 2.05) is 0 Å². The number of alkyl halides is 2.